The van der Waals surface area contributed by atoms with Crippen molar-refractivity contribution in [2.24, 2.45) is 0 Å². The predicted molar refractivity (Wildman–Crippen MR) is 94.5 cm³/mol. The van der Waals surface area contributed by atoms with E-state index in [0.717, 1.165) is 36.6 Å². The molecule has 24 heavy (non-hydrogen) atoms. The van der Waals surface area contributed by atoms with Gasteiger partial charge < -0.3 is 0 Å². The molecule has 0 amide bonds. The van der Waals surface area contributed by atoms with E-state index in [2.05, 4.69) is 8.75 Å². The Balaban J connectivity index is 1.69. The Morgan fingerprint density at radius 2 is 1.92 bits per heavy atom. The summed E-state index contributed by atoms with van der Waals surface area (Å²) in [7, 11) is -3.57. The van der Waals surface area contributed by atoms with E-state index in [0.29, 0.717) is 17.6 Å². The highest BCUT2D eigenvalue weighted by Crippen LogP contribution is 2.31. The van der Waals surface area contributed by atoms with Gasteiger partial charge in [-0.1, -0.05) is 36.4 Å². The summed E-state index contributed by atoms with van der Waals surface area (Å²) in [6, 6.07) is 15.2. The van der Waals surface area contributed by atoms with Crippen LogP contribution in [0.4, 0.5) is 0 Å². The Labute approximate surface area is 145 Å². The van der Waals surface area contributed by atoms with Crippen LogP contribution in [0.15, 0.2) is 53.4 Å². The normalized spacial score (nSPS) is 19.1. The molecule has 4 rings (SSSR count). The molecular weight excluding hydrogens is 342 g/mol. The molecular formula is C17H17N3O2S2. The van der Waals surface area contributed by atoms with Gasteiger partial charge in [-0.2, -0.15) is 13.1 Å². The number of hydrogen-bond donors (Lipinski definition) is 0. The second-order valence-corrected chi connectivity index (χ2v) is 8.38. The van der Waals surface area contributed by atoms with Crippen molar-refractivity contribution >= 4 is 32.8 Å². The number of hydrogen-bond acceptors (Lipinski definition) is 5. The lowest BCUT2D eigenvalue weighted by Gasteiger charge is -2.24. The van der Waals surface area contributed by atoms with Crippen LogP contribution in [0, 0.1) is 0 Å². The fourth-order valence-electron chi connectivity index (χ4n) is 3.33. The molecule has 1 aliphatic heterocycles. The lowest BCUT2D eigenvalue weighted by molar-refractivity contribution is 0.386. The zero-order valence-corrected chi connectivity index (χ0v) is 14.6. The number of rotatable bonds is 4. The molecule has 0 radical (unpaired) electrons. The molecule has 1 atom stereocenters. The molecule has 1 aromatic heterocycles. The average molecular weight is 359 g/mol. The van der Waals surface area contributed by atoms with Gasteiger partial charge in [-0.05, 0) is 37.0 Å². The Hall–Kier alpha value is -1.83. The SMILES string of the molecule is O=S(=O)(c1cccc2nsnc12)N1CCCC1Cc1ccccc1. The van der Waals surface area contributed by atoms with Crippen LogP contribution in [0.5, 0.6) is 0 Å². The molecule has 1 aliphatic rings. The standard InChI is InChI=1S/C17H17N3O2S2/c21-24(22,16-10-4-9-15-17(16)19-23-18-15)20-11-5-8-14(20)12-13-6-2-1-3-7-13/h1-4,6-7,9-10,14H,5,8,11-12H2. The van der Waals surface area contributed by atoms with Crippen LogP contribution in [-0.2, 0) is 16.4 Å². The Morgan fingerprint density at radius 3 is 2.75 bits per heavy atom. The number of fused-ring (bicyclic) bond motifs is 1. The zero-order valence-electron chi connectivity index (χ0n) is 13.0. The first kappa shape index (κ1) is 15.7. The molecule has 0 bridgehead atoms. The Bertz CT molecular complexity index is 954. The Kier molecular flexibility index (Phi) is 4.07. The second kappa shape index (κ2) is 6.23. The van der Waals surface area contributed by atoms with Crippen LogP contribution in [0.25, 0.3) is 11.0 Å². The van der Waals surface area contributed by atoms with E-state index in [9.17, 15) is 8.42 Å². The van der Waals surface area contributed by atoms with Gasteiger partial charge in [-0.3, -0.25) is 0 Å². The summed E-state index contributed by atoms with van der Waals surface area (Å²) < 4.78 is 36.4. The summed E-state index contributed by atoms with van der Waals surface area (Å²) in [4.78, 5) is 0.272. The highest BCUT2D eigenvalue weighted by Gasteiger charge is 2.36. The number of benzene rings is 2. The fraction of sp³-hybridized carbons (Fsp3) is 0.294. The molecule has 124 valence electrons. The third kappa shape index (κ3) is 2.72. The topological polar surface area (TPSA) is 63.2 Å². The summed E-state index contributed by atoms with van der Waals surface area (Å²) in [5, 5.41) is 0. The van der Waals surface area contributed by atoms with Gasteiger partial charge in [0.1, 0.15) is 15.9 Å². The maximum absolute atomic E-state index is 13.2. The minimum atomic E-state index is -3.57. The van der Waals surface area contributed by atoms with Crippen LogP contribution >= 0.6 is 11.7 Å². The summed E-state index contributed by atoms with van der Waals surface area (Å²) >= 11 is 1.05. The van der Waals surface area contributed by atoms with Crippen LogP contribution in [0.2, 0.25) is 0 Å². The third-order valence-electron chi connectivity index (χ3n) is 4.47. The summed E-state index contributed by atoms with van der Waals surface area (Å²) in [5.74, 6) is 0. The lowest BCUT2D eigenvalue weighted by atomic mass is 10.1. The van der Waals surface area contributed by atoms with Gasteiger partial charge in [0.2, 0.25) is 10.0 Å². The maximum Gasteiger partial charge on any atom is 0.245 e. The molecule has 7 heteroatoms. The van der Waals surface area contributed by atoms with Crippen molar-refractivity contribution in [2.45, 2.75) is 30.2 Å². The molecule has 1 saturated heterocycles. The van der Waals surface area contributed by atoms with Gasteiger partial charge in [-0.25, -0.2) is 8.42 Å². The summed E-state index contributed by atoms with van der Waals surface area (Å²) in [6.45, 7) is 0.563. The van der Waals surface area contributed by atoms with E-state index in [1.165, 1.54) is 0 Å². The van der Waals surface area contributed by atoms with Crippen molar-refractivity contribution in [2.75, 3.05) is 6.54 Å². The fourth-order valence-corrected chi connectivity index (χ4v) is 5.78. The van der Waals surface area contributed by atoms with E-state index in [-0.39, 0.29) is 10.9 Å². The molecule has 1 unspecified atom stereocenters. The monoisotopic (exact) mass is 359 g/mol. The Morgan fingerprint density at radius 1 is 1.08 bits per heavy atom. The molecule has 0 N–H and O–H groups in total. The first-order chi connectivity index (χ1) is 11.7. The van der Waals surface area contributed by atoms with Gasteiger partial charge >= 0.3 is 0 Å². The van der Waals surface area contributed by atoms with Crippen molar-refractivity contribution in [3.8, 4) is 0 Å². The molecule has 2 aromatic carbocycles. The van der Waals surface area contributed by atoms with E-state index in [4.69, 9.17) is 0 Å². The van der Waals surface area contributed by atoms with Gasteiger partial charge in [-0.15, -0.1) is 0 Å². The van der Waals surface area contributed by atoms with Gasteiger partial charge in [0, 0.05) is 12.6 Å². The quantitative estimate of drug-likeness (QED) is 0.718. The number of aromatic nitrogens is 2. The predicted octanol–water partition coefficient (Wildman–Crippen LogP) is 3.09. The number of nitrogens with zero attached hydrogens (tertiary/aromatic N) is 3. The van der Waals surface area contributed by atoms with E-state index in [1.54, 1.807) is 22.5 Å². The van der Waals surface area contributed by atoms with E-state index < -0.39 is 10.0 Å². The second-order valence-electron chi connectivity index (χ2n) is 5.99. The first-order valence-corrected chi connectivity index (χ1v) is 10.1. The minimum absolute atomic E-state index is 0.000693. The zero-order chi connectivity index (χ0) is 16.6. The molecule has 3 aromatic rings. The molecule has 0 spiro atoms. The van der Waals surface area contributed by atoms with Crippen LogP contribution in [0.1, 0.15) is 18.4 Å². The van der Waals surface area contributed by atoms with Gasteiger partial charge in [0.15, 0.2) is 0 Å². The van der Waals surface area contributed by atoms with Crippen molar-refractivity contribution in [3.63, 3.8) is 0 Å². The maximum atomic E-state index is 13.2. The van der Waals surface area contributed by atoms with Crippen LogP contribution in [0.3, 0.4) is 0 Å². The van der Waals surface area contributed by atoms with Crippen molar-refractivity contribution in [1.82, 2.24) is 13.1 Å². The van der Waals surface area contributed by atoms with Crippen molar-refractivity contribution in [1.29, 1.82) is 0 Å². The molecule has 5 nitrogen and oxygen atoms in total. The lowest BCUT2D eigenvalue weighted by Crippen LogP contribution is -2.36. The largest absolute Gasteiger partial charge is 0.245 e. The molecule has 0 saturated carbocycles. The highest BCUT2D eigenvalue weighted by molar-refractivity contribution is 7.89. The smallest absolute Gasteiger partial charge is 0.207 e. The highest BCUT2D eigenvalue weighted by atomic mass is 32.2. The van der Waals surface area contributed by atoms with E-state index >= 15 is 0 Å². The third-order valence-corrected chi connectivity index (χ3v) is 7.00. The van der Waals surface area contributed by atoms with Gasteiger partial charge in [0.05, 0.1) is 11.7 Å². The number of sulfonamides is 1. The minimum Gasteiger partial charge on any atom is -0.207 e. The van der Waals surface area contributed by atoms with E-state index in [1.807, 2.05) is 30.3 Å². The average Bonchev–Trinajstić information content (AvgIpc) is 3.24. The van der Waals surface area contributed by atoms with Crippen LogP contribution in [-0.4, -0.2) is 34.1 Å². The first-order valence-electron chi connectivity index (χ1n) is 7.93. The summed E-state index contributed by atoms with van der Waals surface area (Å²) in [5.41, 5.74) is 2.28. The summed E-state index contributed by atoms with van der Waals surface area (Å²) in [6.07, 6.45) is 2.52. The molecule has 0 aliphatic carbocycles. The molecule has 2 heterocycles. The van der Waals surface area contributed by atoms with Crippen molar-refractivity contribution < 1.29 is 8.42 Å². The van der Waals surface area contributed by atoms with Gasteiger partial charge in [0.25, 0.3) is 0 Å². The van der Waals surface area contributed by atoms with Crippen molar-refractivity contribution in [3.05, 3.63) is 54.1 Å². The molecule has 1 fully saturated rings. The van der Waals surface area contributed by atoms with Crippen LogP contribution < -0.4 is 0 Å².